The van der Waals surface area contributed by atoms with E-state index in [4.69, 9.17) is 10.3 Å². The van der Waals surface area contributed by atoms with Crippen LogP contribution in [-0.4, -0.2) is 29.6 Å². The van der Waals surface area contributed by atoms with Crippen LogP contribution in [0.25, 0.3) is 10.4 Å². The first kappa shape index (κ1) is 18.1. The van der Waals surface area contributed by atoms with Crippen LogP contribution in [0, 0.1) is 0 Å². The van der Waals surface area contributed by atoms with Crippen molar-refractivity contribution in [2.75, 3.05) is 6.54 Å². The highest BCUT2D eigenvalue weighted by Crippen LogP contribution is 2.12. The number of rotatable bonds is 8. The highest BCUT2D eigenvalue weighted by Gasteiger charge is 2.22. The Labute approximate surface area is 120 Å². The van der Waals surface area contributed by atoms with E-state index < -0.39 is 0 Å². The molecule has 0 aliphatic carbocycles. The van der Waals surface area contributed by atoms with Crippen LogP contribution in [-0.2, 0) is 4.74 Å². The van der Waals surface area contributed by atoms with Crippen molar-refractivity contribution in [1.29, 1.82) is 0 Å². The van der Waals surface area contributed by atoms with Gasteiger partial charge >= 0.3 is 6.09 Å². The Morgan fingerprint density at radius 1 is 1.40 bits per heavy atom. The first-order valence-electron chi connectivity index (χ1n) is 6.77. The van der Waals surface area contributed by atoms with Crippen molar-refractivity contribution in [2.45, 2.75) is 52.6 Å². The van der Waals surface area contributed by atoms with Gasteiger partial charge < -0.3 is 9.64 Å². The molecule has 0 aromatic carbocycles. The summed E-state index contributed by atoms with van der Waals surface area (Å²) < 4.78 is 5.32. The van der Waals surface area contributed by atoms with Gasteiger partial charge in [0.1, 0.15) is 5.76 Å². The maximum Gasteiger partial charge on any atom is 0.415 e. The summed E-state index contributed by atoms with van der Waals surface area (Å²) >= 11 is 0. The number of ether oxygens (including phenoxy) is 1. The third-order valence-corrected chi connectivity index (χ3v) is 2.60. The van der Waals surface area contributed by atoms with Crippen LogP contribution in [0.2, 0.25) is 0 Å². The monoisotopic (exact) mass is 280 g/mol. The van der Waals surface area contributed by atoms with Crippen molar-refractivity contribution in [2.24, 2.45) is 5.11 Å². The second-order valence-electron chi connectivity index (χ2n) is 4.87. The summed E-state index contributed by atoms with van der Waals surface area (Å²) in [6.45, 7) is 11.8. The van der Waals surface area contributed by atoms with Gasteiger partial charge in [-0.05, 0) is 58.2 Å². The Morgan fingerprint density at radius 3 is 2.45 bits per heavy atom. The average molecular weight is 280 g/mol. The van der Waals surface area contributed by atoms with Crippen LogP contribution >= 0.6 is 0 Å². The molecule has 0 N–H and O–H groups in total. The Morgan fingerprint density at radius 2 is 2.00 bits per heavy atom. The van der Waals surface area contributed by atoms with Gasteiger partial charge in [0.05, 0.1) is 0 Å². The zero-order valence-corrected chi connectivity index (χ0v) is 12.7. The van der Waals surface area contributed by atoms with Crippen molar-refractivity contribution in [1.82, 2.24) is 4.90 Å². The quantitative estimate of drug-likeness (QED) is 0.165. The van der Waals surface area contributed by atoms with Gasteiger partial charge in [-0.1, -0.05) is 11.7 Å². The van der Waals surface area contributed by atoms with Crippen LogP contribution in [0.5, 0.6) is 0 Å². The van der Waals surface area contributed by atoms with Gasteiger partial charge in [-0.25, -0.2) is 4.79 Å². The number of hydrogen-bond donors (Lipinski definition) is 0. The van der Waals surface area contributed by atoms with E-state index in [2.05, 4.69) is 16.6 Å². The van der Waals surface area contributed by atoms with Crippen molar-refractivity contribution < 1.29 is 9.53 Å². The minimum absolute atomic E-state index is 0.0681. The number of allylic oxidation sites excluding steroid dienone is 2. The first-order valence-corrected chi connectivity index (χ1v) is 6.77. The predicted octanol–water partition coefficient (Wildman–Crippen LogP) is 4.40. The molecule has 6 nitrogen and oxygen atoms in total. The molecular formula is C14H24N4O2. The Kier molecular flexibility index (Phi) is 8.96. The molecule has 0 aromatic rings. The summed E-state index contributed by atoms with van der Waals surface area (Å²) in [7, 11) is 0. The lowest BCUT2D eigenvalue weighted by atomic mass is 10.2. The number of carbonyl (C=O) groups is 1. The summed E-state index contributed by atoms with van der Waals surface area (Å²) in [5, 5.41) is 3.44. The fraction of sp³-hybridized carbons (Fsp3) is 0.643. The van der Waals surface area contributed by atoms with E-state index in [0.29, 0.717) is 25.1 Å². The molecule has 0 radical (unpaired) electrons. The van der Waals surface area contributed by atoms with E-state index in [1.165, 1.54) is 6.08 Å². The molecule has 20 heavy (non-hydrogen) atoms. The van der Waals surface area contributed by atoms with Gasteiger partial charge in [0.2, 0.25) is 0 Å². The summed E-state index contributed by atoms with van der Waals surface area (Å²) in [5.74, 6) is 0.433. The first-order chi connectivity index (χ1) is 9.43. The third-order valence-electron chi connectivity index (χ3n) is 2.60. The number of amides is 1. The second kappa shape index (κ2) is 9.92. The Bertz CT molecular complexity index is 388. The van der Waals surface area contributed by atoms with Crippen LogP contribution in [0.4, 0.5) is 4.79 Å². The van der Waals surface area contributed by atoms with Gasteiger partial charge in [0.15, 0.2) is 0 Å². The largest absolute Gasteiger partial charge is 0.415 e. The highest BCUT2D eigenvalue weighted by molar-refractivity contribution is 5.70. The highest BCUT2D eigenvalue weighted by atomic mass is 16.6. The zero-order chi connectivity index (χ0) is 15.5. The predicted molar refractivity (Wildman–Crippen MR) is 80.1 cm³/mol. The smallest absolute Gasteiger partial charge is 0.411 e. The van der Waals surface area contributed by atoms with Crippen molar-refractivity contribution in [3.63, 3.8) is 0 Å². The molecule has 0 saturated carbocycles. The SMILES string of the molecule is C=C/C(=C/CCCN=[N+]=[N-])OC(=O)N(C(C)C)C(C)C. The summed E-state index contributed by atoms with van der Waals surface area (Å²) in [6, 6.07) is 0.136. The molecule has 0 fully saturated rings. The van der Waals surface area contributed by atoms with Gasteiger partial charge in [0, 0.05) is 23.5 Å². The van der Waals surface area contributed by atoms with Crippen LogP contribution in [0.3, 0.4) is 0 Å². The molecule has 0 aliphatic heterocycles. The average Bonchev–Trinajstić information content (AvgIpc) is 2.36. The minimum atomic E-state index is -0.379. The molecule has 0 saturated heterocycles. The normalized spacial score (nSPS) is 11.2. The fourth-order valence-electron chi connectivity index (χ4n) is 1.79. The van der Waals surface area contributed by atoms with Crippen molar-refractivity contribution >= 4 is 6.09 Å². The minimum Gasteiger partial charge on any atom is -0.411 e. The molecular weight excluding hydrogens is 256 g/mol. The van der Waals surface area contributed by atoms with Crippen LogP contribution in [0.15, 0.2) is 29.6 Å². The molecule has 0 bridgehead atoms. The summed E-state index contributed by atoms with van der Waals surface area (Å²) in [6.07, 6.45) is 4.27. The van der Waals surface area contributed by atoms with E-state index in [0.717, 1.165) is 0 Å². The molecule has 112 valence electrons. The Balaban J connectivity index is 4.54. The maximum atomic E-state index is 12.1. The molecule has 0 aromatic heterocycles. The molecule has 0 atom stereocenters. The van der Waals surface area contributed by atoms with E-state index in [-0.39, 0.29) is 18.2 Å². The zero-order valence-electron chi connectivity index (χ0n) is 12.7. The lowest BCUT2D eigenvalue weighted by Gasteiger charge is -2.29. The van der Waals surface area contributed by atoms with Gasteiger partial charge in [-0.3, -0.25) is 0 Å². The number of azide groups is 1. The van der Waals surface area contributed by atoms with Crippen molar-refractivity contribution in [3.8, 4) is 0 Å². The molecule has 0 rings (SSSR count). The summed E-state index contributed by atoms with van der Waals surface area (Å²) in [4.78, 5) is 16.4. The number of hydrogen-bond acceptors (Lipinski definition) is 3. The van der Waals surface area contributed by atoms with E-state index in [9.17, 15) is 4.79 Å². The van der Waals surface area contributed by atoms with Crippen LogP contribution < -0.4 is 0 Å². The van der Waals surface area contributed by atoms with E-state index in [1.54, 1.807) is 11.0 Å². The Hall–Kier alpha value is -1.94. The van der Waals surface area contributed by atoms with E-state index >= 15 is 0 Å². The van der Waals surface area contributed by atoms with Gasteiger partial charge in [0.25, 0.3) is 0 Å². The lowest BCUT2D eigenvalue weighted by molar-refractivity contribution is 0.104. The molecule has 0 unspecified atom stereocenters. The fourth-order valence-corrected chi connectivity index (χ4v) is 1.79. The molecule has 0 aliphatic rings. The number of unbranched alkanes of at least 4 members (excludes halogenated alkanes) is 1. The summed E-state index contributed by atoms with van der Waals surface area (Å²) in [5.41, 5.74) is 8.16. The standard InChI is InChI=1S/C14H24N4O2/c1-6-13(9-7-8-10-16-17-15)20-14(19)18(11(2)3)12(4)5/h6,9,11-12H,1,7-8,10H2,2-5H3/b13-9-. The molecule has 0 heterocycles. The van der Waals surface area contributed by atoms with E-state index in [1.807, 2.05) is 27.7 Å². The van der Waals surface area contributed by atoms with Gasteiger partial charge in [-0.2, -0.15) is 0 Å². The third kappa shape index (κ3) is 6.85. The molecule has 0 spiro atoms. The molecule has 6 heteroatoms. The van der Waals surface area contributed by atoms with Crippen molar-refractivity contribution in [3.05, 3.63) is 34.9 Å². The second-order valence-corrected chi connectivity index (χ2v) is 4.87. The number of carbonyl (C=O) groups excluding carboxylic acids is 1. The number of nitrogens with zero attached hydrogens (tertiary/aromatic N) is 4. The lowest BCUT2D eigenvalue weighted by Crippen LogP contribution is -2.42. The maximum absolute atomic E-state index is 12.1. The molecule has 1 amide bonds. The van der Waals surface area contributed by atoms with Gasteiger partial charge in [-0.15, -0.1) is 0 Å². The topological polar surface area (TPSA) is 78.3 Å². The van der Waals surface area contributed by atoms with Crippen LogP contribution in [0.1, 0.15) is 40.5 Å².